The lowest BCUT2D eigenvalue weighted by molar-refractivity contribution is -0.111. The third kappa shape index (κ3) is 2.70. The van der Waals surface area contributed by atoms with E-state index in [2.05, 4.69) is 43.3 Å². The van der Waals surface area contributed by atoms with Gasteiger partial charge in [-0.2, -0.15) is 0 Å². The van der Waals surface area contributed by atoms with Gasteiger partial charge in [-0.05, 0) is 47.1 Å². The smallest absolute Gasteiger partial charge is 0.410 e. The van der Waals surface area contributed by atoms with E-state index in [9.17, 15) is 9.59 Å². The molecule has 0 saturated carbocycles. The van der Waals surface area contributed by atoms with Crippen LogP contribution < -0.4 is 0 Å². The van der Waals surface area contributed by atoms with E-state index in [0.717, 1.165) is 25.5 Å². The van der Waals surface area contributed by atoms with Gasteiger partial charge in [0.1, 0.15) is 12.9 Å². The van der Waals surface area contributed by atoms with E-state index in [4.69, 9.17) is 4.74 Å². The molecule has 4 nitrogen and oxygen atoms in total. The van der Waals surface area contributed by atoms with Crippen LogP contribution in [-0.4, -0.2) is 36.5 Å². The van der Waals surface area contributed by atoms with Crippen LogP contribution in [0.25, 0.3) is 11.1 Å². The number of likely N-dealkylation sites (tertiary alicyclic amines) is 1. The molecule has 2 atom stereocenters. The Kier molecular flexibility index (Phi) is 4.49. The molecule has 134 valence electrons. The van der Waals surface area contributed by atoms with Crippen LogP contribution >= 0.6 is 0 Å². The Hall–Kier alpha value is -2.62. The first-order valence-electron chi connectivity index (χ1n) is 9.34. The summed E-state index contributed by atoms with van der Waals surface area (Å²) in [4.78, 5) is 25.1. The van der Waals surface area contributed by atoms with Gasteiger partial charge in [-0.1, -0.05) is 49.4 Å². The lowest BCUT2D eigenvalue weighted by Crippen LogP contribution is -2.37. The molecule has 26 heavy (non-hydrogen) atoms. The number of ether oxygens (including phenoxy) is 1. The van der Waals surface area contributed by atoms with E-state index in [1.807, 2.05) is 6.07 Å². The van der Waals surface area contributed by atoms with Crippen molar-refractivity contribution in [3.05, 3.63) is 59.2 Å². The molecule has 1 aliphatic heterocycles. The van der Waals surface area contributed by atoms with Crippen molar-refractivity contribution in [3.63, 3.8) is 0 Å². The Balaban J connectivity index is 1.60. The molecule has 0 spiro atoms. The van der Waals surface area contributed by atoms with Crippen molar-refractivity contribution in [2.45, 2.75) is 38.1 Å². The fourth-order valence-electron chi connectivity index (χ4n) is 4.31. The van der Waals surface area contributed by atoms with E-state index >= 15 is 0 Å². The predicted octanol–water partition coefficient (Wildman–Crippen LogP) is 4.16. The fourth-order valence-corrected chi connectivity index (χ4v) is 4.31. The Bertz CT molecular complexity index is 845. The average Bonchev–Trinajstić information content (AvgIpc) is 3.28. The van der Waals surface area contributed by atoms with Gasteiger partial charge < -0.3 is 9.53 Å². The predicted molar refractivity (Wildman–Crippen MR) is 100 cm³/mol. The largest absolute Gasteiger partial charge is 0.448 e. The van der Waals surface area contributed by atoms with Gasteiger partial charge in [-0.3, -0.25) is 4.90 Å². The monoisotopic (exact) mass is 349 g/mol. The molecule has 2 aromatic rings. The maximum atomic E-state index is 12.5. The molecule has 0 N–H and O–H groups in total. The molecule has 4 rings (SSSR count). The standard InChI is InChI=1S/C22H23NO3/c1-2-15-7-5-11-19-20(17-9-3-4-10-18(17)21(15)19)14-26-22(25)23-12-6-8-16(23)13-24/h3-5,7,9-11,13,16,20H,2,6,8,12,14H2,1H3/t16-,20?/m0/s1. The lowest BCUT2D eigenvalue weighted by Gasteiger charge is -2.22. The SMILES string of the molecule is CCc1cccc2c1-c1ccccc1C2COC(=O)N1CCC[C@H]1C=O. The van der Waals surface area contributed by atoms with Crippen LogP contribution in [0.15, 0.2) is 42.5 Å². The summed E-state index contributed by atoms with van der Waals surface area (Å²) in [5, 5.41) is 0. The molecule has 1 saturated heterocycles. The molecular formula is C22H23NO3. The van der Waals surface area contributed by atoms with Crippen molar-refractivity contribution in [3.8, 4) is 11.1 Å². The Morgan fingerprint density at radius 3 is 2.81 bits per heavy atom. The second-order valence-electron chi connectivity index (χ2n) is 6.99. The highest BCUT2D eigenvalue weighted by molar-refractivity contribution is 5.82. The van der Waals surface area contributed by atoms with Crippen LogP contribution in [0, 0.1) is 0 Å². The van der Waals surface area contributed by atoms with Gasteiger partial charge in [0.15, 0.2) is 0 Å². The van der Waals surface area contributed by atoms with E-state index in [0.29, 0.717) is 13.2 Å². The van der Waals surface area contributed by atoms with Crippen LogP contribution in [0.4, 0.5) is 4.79 Å². The van der Waals surface area contributed by atoms with Crippen LogP contribution in [0.2, 0.25) is 0 Å². The van der Waals surface area contributed by atoms with E-state index in [-0.39, 0.29) is 18.1 Å². The maximum absolute atomic E-state index is 12.5. The van der Waals surface area contributed by atoms with E-state index in [1.165, 1.54) is 27.8 Å². The van der Waals surface area contributed by atoms with Crippen molar-refractivity contribution in [1.82, 2.24) is 4.90 Å². The first-order valence-corrected chi connectivity index (χ1v) is 9.34. The molecule has 0 bridgehead atoms. The number of hydrogen-bond donors (Lipinski definition) is 0. The molecule has 4 heteroatoms. The molecule has 2 aliphatic rings. The molecular weight excluding hydrogens is 326 g/mol. The van der Waals surface area contributed by atoms with Crippen LogP contribution in [0.3, 0.4) is 0 Å². The maximum Gasteiger partial charge on any atom is 0.410 e. The van der Waals surface area contributed by atoms with Gasteiger partial charge in [0.25, 0.3) is 0 Å². The normalized spacial score (nSPS) is 20.6. The Labute approximate surface area is 153 Å². The number of nitrogens with zero attached hydrogens (tertiary/aromatic N) is 1. The van der Waals surface area contributed by atoms with E-state index in [1.54, 1.807) is 4.90 Å². The Morgan fingerprint density at radius 2 is 2.00 bits per heavy atom. The van der Waals surface area contributed by atoms with Crippen molar-refractivity contribution >= 4 is 12.4 Å². The molecule has 1 unspecified atom stereocenters. The number of amides is 1. The van der Waals surface area contributed by atoms with Crippen molar-refractivity contribution < 1.29 is 14.3 Å². The molecule has 1 amide bonds. The number of carbonyl (C=O) groups is 2. The number of benzene rings is 2. The van der Waals surface area contributed by atoms with E-state index < -0.39 is 0 Å². The quantitative estimate of drug-likeness (QED) is 0.779. The molecule has 1 aliphatic carbocycles. The number of fused-ring (bicyclic) bond motifs is 3. The summed E-state index contributed by atoms with van der Waals surface area (Å²) in [5.41, 5.74) is 6.30. The third-order valence-electron chi connectivity index (χ3n) is 5.61. The summed E-state index contributed by atoms with van der Waals surface area (Å²) in [6.45, 7) is 3.07. The molecule has 1 fully saturated rings. The molecule has 0 aromatic heterocycles. The van der Waals surface area contributed by atoms with Crippen molar-refractivity contribution in [1.29, 1.82) is 0 Å². The summed E-state index contributed by atoms with van der Waals surface area (Å²) in [6.07, 6.45) is 3.03. The number of carbonyl (C=O) groups excluding carboxylic acids is 2. The van der Waals surface area contributed by atoms with Gasteiger partial charge in [-0.25, -0.2) is 4.79 Å². The average molecular weight is 349 g/mol. The van der Waals surface area contributed by atoms with Gasteiger partial charge in [0.2, 0.25) is 0 Å². The topological polar surface area (TPSA) is 46.6 Å². The third-order valence-corrected chi connectivity index (χ3v) is 5.61. The summed E-state index contributed by atoms with van der Waals surface area (Å²) < 4.78 is 5.66. The summed E-state index contributed by atoms with van der Waals surface area (Å²) in [5.74, 6) is 0.0499. The summed E-state index contributed by atoms with van der Waals surface area (Å²) >= 11 is 0. The zero-order valence-corrected chi connectivity index (χ0v) is 15.0. The summed E-state index contributed by atoms with van der Waals surface area (Å²) in [6, 6.07) is 14.4. The molecule has 2 aromatic carbocycles. The molecule has 0 radical (unpaired) electrons. The van der Waals surface area contributed by atoms with Crippen LogP contribution in [0.5, 0.6) is 0 Å². The number of aryl methyl sites for hydroxylation is 1. The highest BCUT2D eigenvalue weighted by Gasteiger charge is 2.33. The minimum Gasteiger partial charge on any atom is -0.448 e. The number of rotatable bonds is 4. The van der Waals surface area contributed by atoms with Gasteiger partial charge in [0.05, 0.1) is 6.04 Å². The number of aldehydes is 1. The lowest BCUT2D eigenvalue weighted by atomic mass is 9.96. The minimum absolute atomic E-state index is 0.0499. The highest BCUT2D eigenvalue weighted by Crippen LogP contribution is 2.46. The van der Waals surface area contributed by atoms with Gasteiger partial charge >= 0.3 is 6.09 Å². The zero-order chi connectivity index (χ0) is 18.1. The van der Waals surface area contributed by atoms with Crippen molar-refractivity contribution in [2.24, 2.45) is 0 Å². The molecule has 1 heterocycles. The Morgan fingerprint density at radius 1 is 1.19 bits per heavy atom. The zero-order valence-electron chi connectivity index (χ0n) is 15.0. The minimum atomic E-state index is -0.378. The highest BCUT2D eigenvalue weighted by atomic mass is 16.6. The van der Waals surface area contributed by atoms with Crippen molar-refractivity contribution in [2.75, 3.05) is 13.2 Å². The second kappa shape index (κ2) is 6.94. The number of hydrogen-bond acceptors (Lipinski definition) is 3. The van der Waals surface area contributed by atoms with Crippen LogP contribution in [0.1, 0.15) is 42.4 Å². The summed E-state index contributed by atoms with van der Waals surface area (Å²) in [7, 11) is 0. The van der Waals surface area contributed by atoms with Gasteiger partial charge in [0, 0.05) is 12.5 Å². The second-order valence-corrected chi connectivity index (χ2v) is 6.99. The van der Waals surface area contributed by atoms with Gasteiger partial charge in [-0.15, -0.1) is 0 Å². The van der Waals surface area contributed by atoms with Crippen LogP contribution in [-0.2, 0) is 16.0 Å². The fraction of sp³-hybridized carbons (Fsp3) is 0.364. The first-order chi connectivity index (χ1) is 12.7. The first kappa shape index (κ1) is 16.8.